The van der Waals surface area contributed by atoms with Gasteiger partial charge in [0.15, 0.2) is 0 Å². The molecule has 0 spiro atoms. The molecule has 2 aromatic heterocycles. The molecule has 1 unspecified atom stereocenters. The van der Waals surface area contributed by atoms with Crippen molar-refractivity contribution in [2.24, 2.45) is 0 Å². The van der Waals surface area contributed by atoms with Crippen LogP contribution in [0.4, 0.5) is 0 Å². The van der Waals surface area contributed by atoms with Crippen molar-refractivity contribution in [3.8, 4) is 11.1 Å². The van der Waals surface area contributed by atoms with E-state index >= 15 is 0 Å². The highest BCUT2D eigenvalue weighted by molar-refractivity contribution is 7.88. The van der Waals surface area contributed by atoms with Gasteiger partial charge in [0, 0.05) is 54.4 Å². The molecule has 0 bridgehead atoms. The van der Waals surface area contributed by atoms with E-state index < -0.39 is 10.0 Å². The maximum absolute atomic E-state index is 11.7. The predicted molar refractivity (Wildman–Crippen MR) is 85.9 cm³/mol. The lowest BCUT2D eigenvalue weighted by Gasteiger charge is -2.30. The van der Waals surface area contributed by atoms with Gasteiger partial charge in [-0.3, -0.25) is 9.97 Å². The minimum atomic E-state index is -3.12. The largest absolute Gasteiger partial charge is 0.264 e. The zero-order valence-corrected chi connectivity index (χ0v) is 13.3. The summed E-state index contributed by atoms with van der Waals surface area (Å²) in [6, 6.07) is 7.92. The number of rotatable bonds is 3. The van der Waals surface area contributed by atoms with Crippen LogP contribution in [0.2, 0.25) is 0 Å². The minimum absolute atomic E-state index is 0.173. The van der Waals surface area contributed by atoms with Gasteiger partial charge in [0.05, 0.1) is 6.26 Å². The van der Waals surface area contributed by atoms with Crippen molar-refractivity contribution in [3.63, 3.8) is 0 Å². The Kier molecular flexibility index (Phi) is 4.22. The van der Waals surface area contributed by atoms with Crippen LogP contribution in [0.25, 0.3) is 11.1 Å². The quantitative estimate of drug-likeness (QED) is 0.871. The molecule has 6 heteroatoms. The van der Waals surface area contributed by atoms with Crippen LogP contribution in [0.5, 0.6) is 0 Å². The summed E-state index contributed by atoms with van der Waals surface area (Å²) in [6.07, 6.45) is 8.52. The van der Waals surface area contributed by atoms with E-state index in [-0.39, 0.29) is 5.92 Å². The summed E-state index contributed by atoms with van der Waals surface area (Å²) in [5.74, 6) is 0.173. The third kappa shape index (κ3) is 3.34. The molecule has 2 aromatic rings. The van der Waals surface area contributed by atoms with Gasteiger partial charge in [-0.15, -0.1) is 0 Å². The van der Waals surface area contributed by atoms with Crippen LogP contribution in [0, 0.1) is 0 Å². The van der Waals surface area contributed by atoms with Gasteiger partial charge in [-0.1, -0.05) is 12.1 Å². The number of hydrogen-bond donors (Lipinski definition) is 0. The van der Waals surface area contributed by atoms with Crippen LogP contribution in [0.1, 0.15) is 24.5 Å². The van der Waals surface area contributed by atoms with Crippen LogP contribution >= 0.6 is 0 Å². The van der Waals surface area contributed by atoms with Crippen molar-refractivity contribution in [1.82, 2.24) is 14.3 Å². The fraction of sp³-hybridized carbons (Fsp3) is 0.375. The first kappa shape index (κ1) is 15.1. The Morgan fingerprint density at radius 2 is 2.00 bits per heavy atom. The first-order valence-corrected chi connectivity index (χ1v) is 9.20. The fourth-order valence-corrected chi connectivity index (χ4v) is 3.75. The van der Waals surface area contributed by atoms with Gasteiger partial charge in [0.1, 0.15) is 0 Å². The van der Waals surface area contributed by atoms with Gasteiger partial charge in [-0.25, -0.2) is 12.7 Å². The summed E-state index contributed by atoms with van der Waals surface area (Å²) in [6.45, 7) is 1.14. The number of piperidine rings is 1. The SMILES string of the molecule is CS(=O)(=O)N1CCCC(c2ccc(-c3cccnc3)cn2)C1. The summed E-state index contributed by atoms with van der Waals surface area (Å²) in [7, 11) is -3.12. The number of nitrogens with zero attached hydrogens (tertiary/aromatic N) is 3. The van der Waals surface area contributed by atoms with Gasteiger partial charge in [0.25, 0.3) is 0 Å². The highest BCUT2D eigenvalue weighted by Gasteiger charge is 2.27. The van der Waals surface area contributed by atoms with Gasteiger partial charge in [-0.05, 0) is 25.0 Å². The zero-order chi connectivity index (χ0) is 15.6. The zero-order valence-electron chi connectivity index (χ0n) is 12.5. The summed E-state index contributed by atoms with van der Waals surface area (Å²) in [5, 5.41) is 0. The topological polar surface area (TPSA) is 63.2 Å². The molecule has 22 heavy (non-hydrogen) atoms. The number of sulfonamides is 1. The molecule has 0 aromatic carbocycles. The van der Waals surface area contributed by atoms with Crippen LogP contribution < -0.4 is 0 Å². The van der Waals surface area contributed by atoms with E-state index in [9.17, 15) is 8.42 Å². The van der Waals surface area contributed by atoms with E-state index in [1.807, 2.05) is 36.7 Å². The lowest BCUT2D eigenvalue weighted by Crippen LogP contribution is -2.38. The average molecular weight is 317 g/mol. The number of pyridine rings is 2. The molecule has 1 saturated heterocycles. The molecule has 5 nitrogen and oxygen atoms in total. The summed E-state index contributed by atoms with van der Waals surface area (Å²) in [4.78, 5) is 8.66. The molecule has 0 saturated carbocycles. The van der Waals surface area contributed by atoms with Crippen molar-refractivity contribution >= 4 is 10.0 Å². The molecule has 0 radical (unpaired) electrons. The van der Waals surface area contributed by atoms with Crippen LogP contribution in [0.15, 0.2) is 42.9 Å². The van der Waals surface area contributed by atoms with Crippen LogP contribution in [-0.4, -0.2) is 42.0 Å². The number of hydrogen-bond acceptors (Lipinski definition) is 4. The molecule has 0 N–H and O–H groups in total. The second kappa shape index (κ2) is 6.14. The third-order valence-electron chi connectivity index (χ3n) is 4.05. The van der Waals surface area contributed by atoms with Gasteiger partial charge >= 0.3 is 0 Å². The Labute approximate surface area is 131 Å². The standard InChI is InChI=1S/C16H19N3O2S/c1-22(20,21)19-9-3-5-15(12-19)16-7-6-14(11-18-16)13-4-2-8-17-10-13/h2,4,6-8,10-11,15H,3,5,9,12H2,1H3. The van der Waals surface area contributed by atoms with Gasteiger partial charge < -0.3 is 0 Å². The maximum Gasteiger partial charge on any atom is 0.211 e. The van der Waals surface area contributed by atoms with E-state index in [2.05, 4.69) is 9.97 Å². The molecule has 1 fully saturated rings. The highest BCUT2D eigenvalue weighted by atomic mass is 32.2. The normalized spacial score (nSPS) is 20.0. The van der Waals surface area contributed by atoms with Crippen molar-refractivity contribution in [1.29, 1.82) is 0 Å². The Morgan fingerprint density at radius 3 is 2.64 bits per heavy atom. The summed E-state index contributed by atoms with van der Waals surface area (Å²) >= 11 is 0. The van der Waals surface area contributed by atoms with Crippen molar-refractivity contribution in [2.45, 2.75) is 18.8 Å². The predicted octanol–water partition coefficient (Wildman–Crippen LogP) is 2.28. The lowest BCUT2D eigenvalue weighted by molar-refractivity contribution is 0.314. The Morgan fingerprint density at radius 1 is 1.18 bits per heavy atom. The van der Waals surface area contributed by atoms with Crippen LogP contribution in [0.3, 0.4) is 0 Å². The van der Waals surface area contributed by atoms with E-state index in [4.69, 9.17) is 0 Å². The highest BCUT2D eigenvalue weighted by Crippen LogP contribution is 2.28. The van der Waals surface area contributed by atoms with Crippen molar-refractivity contribution in [2.75, 3.05) is 19.3 Å². The van der Waals surface area contributed by atoms with Crippen molar-refractivity contribution < 1.29 is 8.42 Å². The number of aromatic nitrogens is 2. The molecule has 3 heterocycles. The summed E-state index contributed by atoms with van der Waals surface area (Å²) in [5.41, 5.74) is 3.01. The second-order valence-electron chi connectivity index (χ2n) is 5.67. The first-order chi connectivity index (χ1) is 10.5. The Bertz CT molecular complexity index is 730. The van der Waals surface area contributed by atoms with Gasteiger partial charge in [-0.2, -0.15) is 0 Å². The first-order valence-electron chi connectivity index (χ1n) is 7.35. The van der Waals surface area contributed by atoms with E-state index in [1.165, 1.54) is 6.26 Å². The summed E-state index contributed by atoms with van der Waals surface area (Å²) < 4.78 is 25.0. The second-order valence-corrected chi connectivity index (χ2v) is 7.66. The fourth-order valence-electron chi connectivity index (χ4n) is 2.84. The van der Waals surface area contributed by atoms with E-state index in [0.29, 0.717) is 13.1 Å². The molecule has 0 aliphatic carbocycles. The maximum atomic E-state index is 11.7. The molecule has 116 valence electrons. The smallest absolute Gasteiger partial charge is 0.211 e. The third-order valence-corrected chi connectivity index (χ3v) is 5.32. The average Bonchev–Trinajstić information content (AvgIpc) is 2.55. The molecular formula is C16H19N3O2S. The Balaban J connectivity index is 1.78. The lowest BCUT2D eigenvalue weighted by atomic mass is 9.95. The van der Waals surface area contributed by atoms with E-state index in [1.54, 1.807) is 10.5 Å². The minimum Gasteiger partial charge on any atom is -0.264 e. The molecule has 3 rings (SSSR count). The van der Waals surface area contributed by atoms with Crippen molar-refractivity contribution in [3.05, 3.63) is 48.5 Å². The monoisotopic (exact) mass is 317 g/mol. The molecule has 0 amide bonds. The molecular weight excluding hydrogens is 298 g/mol. The van der Waals surface area contributed by atoms with Gasteiger partial charge in [0.2, 0.25) is 10.0 Å². The Hall–Kier alpha value is -1.79. The molecule has 1 aliphatic heterocycles. The van der Waals surface area contributed by atoms with Crippen LogP contribution in [-0.2, 0) is 10.0 Å². The molecule has 1 aliphatic rings. The van der Waals surface area contributed by atoms with E-state index in [0.717, 1.165) is 29.7 Å². The molecule has 1 atom stereocenters.